The molecule has 2 aromatic heterocycles. The minimum atomic E-state index is -4.44. The number of rotatable bonds is 5. The SMILES string of the molecule is Cc1ccc(C)c(-n2nc(-c3cccn3C)cc2C(=O)NCc2cccc(C(F)(F)F)c2)c1. The Labute approximate surface area is 189 Å². The van der Waals surface area contributed by atoms with E-state index in [1.54, 1.807) is 16.8 Å². The molecule has 1 N–H and O–H groups in total. The lowest BCUT2D eigenvalue weighted by Crippen LogP contribution is -2.25. The van der Waals surface area contributed by atoms with Gasteiger partial charge in [0.1, 0.15) is 11.4 Å². The van der Waals surface area contributed by atoms with Crippen molar-refractivity contribution in [1.29, 1.82) is 0 Å². The number of hydrogen-bond donors (Lipinski definition) is 1. The second kappa shape index (κ2) is 8.61. The summed E-state index contributed by atoms with van der Waals surface area (Å²) in [6, 6.07) is 16.3. The van der Waals surface area contributed by atoms with E-state index >= 15 is 0 Å². The molecule has 2 heterocycles. The van der Waals surface area contributed by atoms with Crippen LogP contribution in [0.25, 0.3) is 17.1 Å². The largest absolute Gasteiger partial charge is 0.416 e. The third-order valence-electron chi connectivity index (χ3n) is 5.45. The Morgan fingerprint density at radius 2 is 1.82 bits per heavy atom. The topological polar surface area (TPSA) is 51.9 Å². The molecule has 0 atom stereocenters. The van der Waals surface area contributed by atoms with Crippen LogP contribution in [-0.4, -0.2) is 20.3 Å². The molecular formula is C25H23F3N4O. The second-order valence-electron chi connectivity index (χ2n) is 8.00. The van der Waals surface area contributed by atoms with E-state index in [4.69, 9.17) is 5.10 Å². The zero-order valence-electron chi connectivity index (χ0n) is 18.4. The number of halogens is 3. The van der Waals surface area contributed by atoms with Crippen LogP contribution in [0.3, 0.4) is 0 Å². The number of aryl methyl sites for hydroxylation is 3. The highest BCUT2D eigenvalue weighted by molar-refractivity contribution is 5.94. The highest BCUT2D eigenvalue weighted by Crippen LogP contribution is 2.29. The highest BCUT2D eigenvalue weighted by Gasteiger charge is 2.30. The molecule has 0 aliphatic carbocycles. The van der Waals surface area contributed by atoms with E-state index in [1.807, 2.05) is 62.0 Å². The summed E-state index contributed by atoms with van der Waals surface area (Å²) in [5.41, 5.74) is 4.08. The number of hydrogen-bond acceptors (Lipinski definition) is 2. The first-order valence-electron chi connectivity index (χ1n) is 10.4. The zero-order chi connectivity index (χ0) is 23.8. The molecule has 0 saturated carbocycles. The Kier molecular flexibility index (Phi) is 5.84. The summed E-state index contributed by atoms with van der Waals surface area (Å²) in [4.78, 5) is 13.2. The van der Waals surface area contributed by atoms with Crippen molar-refractivity contribution in [1.82, 2.24) is 19.7 Å². The van der Waals surface area contributed by atoms with Crippen LogP contribution in [0.5, 0.6) is 0 Å². The molecule has 0 aliphatic heterocycles. The minimum absolute atomic E-state index is 0.0414. The van der Waals surface area contributed by atoms with Crippen LogP contribution in [0.4, 0.5) is 13.2 Å². The molecule has 0 spiro atoms. The van der Waals surface area contributed by atoms with Gasteiger partial charge in [0.05, 0.1) is 16.9 Å². The number of carbonyl (C=O) groups is 1. The summed E-state index contributed by atoms with van der Waals surface area (Å²) in [7, 11) is 1.89. The number of nitrogens with one attached hydrogen (secondary N) is 1. The first kappa shape index (κ1) is 22.4. The van der Waals surface area contributed by atoms with Gasteiger partial charge >= 0.3 is 6.18 Å². The highest BCUT2D eigenvalue weighted by atomic mass is 19.4. The number of nitrogens with zero attached hydrogens (tertiary/aromatic N) is 3. The van der Waals surface area contributed by atoms with Crippen LogP contribution < -0.4 is 5.32 Å². The van der Waals surface area contributed by atoms with Gasteiger partial charge in [0.15, 0.2) is 0 Å². The Balaban J connectivity index is 1.69. The maximum Gasteiger partial charge on any atom is 0.416 e. The Morgan fingerprint density at radius 3 is 2.52 bits per heavy atom. The van der Waals surface area contributed by atoms with Crippen molar-refractivity contribution in [2.24, 2.45) is 7.05 Å². The fourth-order valence-corrected chi connectivity index (χ4v) is 3.66. The van der Waals surface area contributed by atoms with Gasteiger partial charge in [-0.3, -0.25) is 4.79 Å². The smallest absolute Gasteiger partial charge is 0.349 e. The van der Waals surface area contributed by atoms with Gasteiger partial charge in [0, 0.05) is 19.8 Å². The number of amides is 1. The van der Waals surface area contributed by atoms with Gasteiger partial charge in [-0.25, -0.2) is 4.68 Å². The lowest BCUT2D eigenvalue weighted by molar-refractivity contribution is -0.137. The Bertz CT molecular complexity index is 1320. The summed E-state index contributed by atoms with van der Waals surface area (Å²) in [5.74, 6) is -0.429. The first-order chi connectivity index (χ1) is 15.6. The molecule has 0 aliphatic rings. The van der Waals surface area contributed by atoms with Gasteiger partial charge in [0.2, 0.25) is 0 Å². The third kappa shape index (κ3) is 4.69. The molecule has 0 bridgehead atoms. The summed E-state index contributed by atoms with van der Waals surface area (Å²) in [5, 5.41) is 7.43. The average molecular weight is 452 g/mol. The van der Waals surface area contributed by atoms with Crippen LogP contribution in [0.2, 0.25) is 0 Å². The van der Waals surface area contributed by atoms with Crippen molar-refractivity contribution in [3.63, 3.8) is 0 Å². The number of benzene rings is 2. The number of alkyl halides is 3. The van der Waals surface area contributed by atoms with Gasteiger partial charge in [-0.1, -0.05) is 24.3 Å². The van der Waals surface area contributed by atoms with Crippen molar-refractivity contribution in [3.05, 3.63) is 94.8 Å². The van der Waals surface area contributed by atoms with Crippen LogP contribution in [0.1, 0.15) is 32.7 Å². The average Bonchev–Trinajstić information content (AvgIpc) is 3.39. The van der Waals surface area contributed by atoms with E-state index in [1.165, 1.54) is 6.07 Å². The maximum atomic E-state index is 13.2. The van der Waals surface area contributed by atoms with E-state index in [0.717, 1.165) is 34.6 Å². The van der Waals surface area contributed by atoms with E-state index in [-0.39, 0.29) is 6.54 Å². The van der Waals surface area contributed by atoms with Gasteiger partial charge in [-0.05, 0) is 66.9 Å². The lowest BCUT2D eigenvalue weighted by Gasteiger charge is -2.12. The predicted molar refractivity (Wildman–Crippen MR) is 120 cm³/mol. The summed E-state index contributed by atoms with van der Waals surface area (Å²) >= 11 is 0. The minimum Gasteiger partial charge on any atom is -0.349 e. The van der Waals surface area contributed by atoms with Crippen molar-refractivity contribution >= 4 is 5.91 Å². The molecule has 2 aromatic carbocycles. The third-order valence-corrected chi connectivity index (χ3v) is 5.45. The van der Waals surface area contributed by atoms with Gasteiger partial charge in [0.25, 0.3) is 5.91 Å². The normalized spacial score (nSPS) is 11.6. The lowest BCUT2D eigenvalue weighted by atomic mass is 10.1. The first-order valence-corrected chi connectivity index (χ1v) is 10.4. The van der Waals surface area contributed by atoms with Crippen molar-refractivity contribution < 1.29 is 18.0 Å². The van der Waals surface area contributed by atoms with Crippen LogP contribution >= 0.6 is 0 Å². The maximum absolute atomic E-state index is 13.2. The molecule has 0 unspecified atom stereocenters. The Morgan fingerprint density at radius 1 is 1.03 bits per heavy atom. The van der Waals surface area contributed by atoms with E-state index in [0.29, 0.717) is 17.0 Å². The molecule has 1 amide bonds. The van der Waals surface area contributed by atoms with E-state index in [2.05, 4.69) is 5.32 Å². The molecule has 0 fully saturated rings. The van der Waals surface area contributed by atoms with Crippen molar-refractivity contribution in [2.45, 2.75) is 26.6 Å². The second-order valence-corrected chi connectivity index (χ2v) is 8.00. The van der Waals surface area contributed by atoms with Crippen molar-refractivity contribution in [2.75, 3.05) is 0 Å². The van der Waals surface area contributed by atoms with Gasteiger partial charge in [-0.15, -0.1) is 0 Å². The van der Waals surface area contributed by atoms with E-state index in [9.17, 15) is 18.0 Å². The molecule has 170 valence electrons. The predicted octanol–water partition coefficient (Wildman–Crippen LogP) is 5.44. The fraction of sp³-hybridized carbons (Fsp3) is 0.200. The van der Waals surface area contributed by atoms with Gasteiger partial charge < -0.3 is 9.88 Å². The molecule has 33 heavy (non-hydrogen) atoms. The molecule has 0 saturated heterocycles. The van der Waals surface area contributed by atoms with Gasteiger partial charge in [-0.2, -0.15) is 18.3 Å². The molecule has 8 heteroatoms. The number of carbonyl (C=O) groups excluding carboxylic acids is 1. The van der Waals surface area contributed by atoms with Crippen LogP contribution in [0.15, 0.2) is 66.9 Å². The molecule has 5 nitrogen and oxygen atoms in total. The molecular weight excluding hydrogens is 429 g/mol. The standard InChI is InChI=1S/C25H23F3N4O/c1-16-9-10-17(2)22(12-16)32-23(14-20(30-32)21-8-5-11-31(21)3)24(33)29-15-18-6-4-7-19(13-18)25(26,27)28/h4-14H,15H2,1-3H3,(H,29,33). The zero-order valence-corrected chi connectivity index (χ0v) is 18.4. The van der Waals surface area contributed by atoms with Crippen molar-refractivity contribution in [3.8, 4) is 17.1 Å². The summed E-state index contributed by atoms with van der Waals surface area (Å²) in [6.07, 6.45) is -2.55. The number of aromatic nitrogens is 3. The Hall–Kier alpha value is -3.81. The van der Waals surface area contributed by atoms with E-state index < -0.39 is 17.6 Å². The molecule has 4 aromatic rings. The molecule has 0 radical (unpaired) electrons. The monoisotopic (exact) mass is 452 g/mol. The van der Waals surface area contributed by atoms with Crippen LogP contribution in [0, 0.1) is 13.8 Å². The summed E-state index contributed by atoms with van der Waals surface area (Å²) < 4.78 is 42.5. The molecule has 4 rings (SSSR count). The fourth-order valence-electron chi connectivity index (χ4n) is 3.66. The summed E-state index contributed by atoms with van der Waals surface area (Å²) in [6.45, 7) is 3.85. The van der Waals surface area contributed by atoms with Crippen LogP contribution in [-0.2, 0) is 19.8 Å². The quantitative estimate of drug-likeness (QED) is 0.438.